The average Bonchev–Trinajstić information content (AvgIpc) is 2.15. The fourth-order valence-corrected chi connectivity index (χ4v) is 0. The normalized spacial score (nSPS) is 10.2. The number of rotatable bonds is 0. The van der Waals surface area contributed by atoms with E-state index in [0.717, 1.165) is 0 Å². The largest absolute Gasteiger partial charge is 0.490 e. The van der Waals surface area contributed by atoms with E-state index in [-0.39, 0.29) is 5.91 Å². The number of hydrogen-bond donors (Lipinski definition) is 2. The summed E-state index contributed by atoms with van der Waals surface area (Å²) in [7, 11) is 3.45. The number of carboxylic acids is 2. The Hall–Kier alpha value is -2.01. The molecule has 0 spiro atoms. The number of carbonyl (C=O) groups excluding carboxylic acids is 1. The molecule has 0 aromatic rings. The maximum Gasteiger partial charge on any atom is 0.490 e. The smallest absolute Gasteiger partial charge is 0.475 e. The first-order valence-corrected chi connectivity index (χ1v) is 4.31. The molecule has 0 bridgehead atoms. The van der Waals surface area contributed by atoms with Gasteiger partial charge in [0, 0.05) is 21.0 Å². The molecule has 2 N–H and O–H groups in total. The van der Waals surface area contributed by atoms with Crippen LogP contribution in [0.25, 0.3) is 0 Å². The van der Waals surface area contributed by atoms with E-state index in [0.29, 0.717) is 0 Å². The van der Waals surface area contributed by atoms with Crippen LogP contribution in [-0.4, -0.2) is 59.4 Å². The van der Waals surface area contributed by atoms with E-state index in [1.54, 1.807) is 14.1 Å². The number of amides is 1. The van der Waals surface area contributed by atoms with Gasteiger partial charge in [0.15, 0.2) is 0 Å². The predicted molar refractivity (Wildman–Crippen MR) is 51.7 cm³/mol. The van der Waals surface area contributed by atoms with Crippen LogP contribution in [0.3, 0.4) is 0 Å². The second kappa shape index (κ2) is 8.98. The number of hydrogen-bond acceptors (Lipinski definition) is 3. The molecule has 0 aliphatic carbocycles. The van der Waals surface area contributed by atoms with Crippen LogP contribution in [0, 0.1) is 0 Å². The maximum atomic E-state index is 10.6. The van der Waals surface area contributed by atoms with Crippen LogP contribution in [-0.2, 0) is 14.4 Å². The number of halogens is 6. The summed E-state index contributed by atoms with van der Waals surface area (Å²) >= 11 is 0. The third-order valence-electron chi connectivity index (χ3n) is 1.11. The molecule has 0 unspecified atom stereocenters. The molecule has 1 amide bonds. The lowest BCUT2D eigenvalue weighted by Crippen LogP contribution is -2.21. The molecule has 0 saturated carbocycles. The van der Waals surface area contributed by atoms with Crippen molar-refractivity contribution >= 4 is 17.8 Å². The summed E-state index contributed by atoms with van der Waals surface area (Å²) in [6.07, 6.45) is -10.2. The SMILES string of the molecule is CC(=O)N(C)C.O=C(O)C(F)(F)F.O=C(O)C(F)(F)F. The first-order valence-electron chi connectivity index (χ1n) is 4.31. The fraction of sp³-hybridized carbons (Fsp3) is 0.625. The molecule has 0 aliphatic heterocycles. The van der Waals surface area contributed by atoms with Crippen molar-refractivity contribution in [1.82, 2.24) is 4.90 Å². The highest BCUT2D eigenvalue weighted by Crippen LogP contribution is 2.13. The average molecular weight is 315 g/mol. The summed E-state index contributed by atoms with van der Waals surface area (Å²) in [4.78, 5) is 29.4. The number of nitrogens with zero attached hydrogens (tertiary/aromatic N) is 1. The molecule has 0 rings (SSSR count). The molecule has 0 aliphatic rings. The van der Waals surface area contributed by atoms with Gasteiger partial charge < -0.3 is 15.1 Å². The van der Waals surface area contributed by atoms with Gasteiger partial charge in [-0.1, -0.05) is 0 Å². The Morgan fingerprint density at radius 1 is 0.800 bits per heavy atom. The van der Waals surface area contributed by atoms with E-state index < -0.39 is 24.3 Å². The Bertz CT molecular complexity index is 311. The third-order valence-corrected chi connectivity index (χ3v) is 1.11. The van der Waals surface area contributed by atoms with Gasteiger partial charge >= 0.3 is 24.3 Å². The highest BCUT2D eigenvalue weighted by atomic mass is 19.4. The van der Waals surface area contributed by atoms with Crippen LogP contribution in [0.4, 0.5) is 26.3 Å². The number of carbonyl (C=O) groups is 3. The molecular formula is C8H11F6NO5. The van der Waals surface area contributed by atoms with Crippen LogP contribution >= 0.6 is 0 Å². The monoisotopic (exact) mass is 315 g/mol. The van der Waals surface area contributed by atoms with Gasteiger partial charge in [-0.15, -0.1) is 0 Å². The fourth-order valence-electron chi connectivity index (χ4n) is 0. The van der Waals surface area contributed by atoms with Gasteiger partial charge in [-0.2, -0.15) is 26.3 Å². The van der Waals surface area contributed by atoms with Crippen molar-refractivity contribution in [3.05, 3.63) is 0 Å². The molecule has 12 heteroatoms. The molecular weight excluding hydrogens is 304 g/mol. The molecule has 120 valence electrons. The summed E-state index contributed by atoms with van der Waals surface area (Å²) in [5.41, 5.74) is 0. The molecule has 0 aromatic heterocycles. The van der Waals surface area contributed by atoms with Gasteiger partial charge in [-0.3, -0.25) is 4.79 Å². The zero-order chi connectivity index (χ0) is 17.3. The summed E-state index contributed by atoms with van der Waals surface area (Å²) in [6, 6.07) is 0. The van der Waals surface area contributed by atoms with Crippen molar-refractivity contribution in [2.45, 2.75) is 19.3 Å². The highest BCUT2D eigenvalue weighted by Gasteiger charge is 2.38. The van der Waals surface area contributed by atoms with Gasteiger partial charge in [0.25, 0.3) is 0 Å². The summed E-state index contributed by atoms with van der Waals surface area (Å²) in [5.74, 6) is -5.42. The number of carboxylic acid groups (broad SMARTS) is 2. The van der Waals surface area contributed by atoms with Crippen molar-refractivity contribution in [3.8, 4) is 0 Å². The number of alkyl halides is 6. The zero-order valence-electron chi connectivity index (χ0n) is 10.3. The summed E-state index contributed by atoms with van der Waals surface area (Å²) < 4.78 is 63.5. The van der Waals surface area contributed by atoms with Crippen LogP contribution in [0.15, 0.2) is 0 Å². The van der Waals surface area contributed by atoms with Crippen LogP contribution < -0.4 is 0 Å². The topological polar surface area (TPSA) is 94.9 Å². The van der Waals surface area contributed by atoms with Crippen molar-refractivity contribution in [3.63, 3.8) is 0 Å². The van der Waals surface area contributed by atoms with Crippen LogP contribution in [0.1, 0.15) is 6.92 Å². The van der Waals surface area contributed by atoms with Crippen molar-refractivity contribution < 1.29 is 50.9 Å². The van der Waals surface area contributed by atoms with Crippen LogP contribution in [0.2, 0.25) is 0 Å². The lowest BCUT2D eigenvalue weighted by Gasteiger charge is -2.02. The first-order chi connectivity index (χ1) is 8.53. The molecule has 0 radical (unpaired) electrons. The van der Waals surface area contributed by atoms with Gasteiger partial charge in [0.2, 0.25) is 5.91 Å². The molecule has 6 nitrogen and oxygen atoms in total. The Labute approximate surface area is 108 Å². The van der Waals surface area contributed by atoms with Gasteiger partial charge in [-0.05, 0) is 0 Å². The molecule has 0 aromatic carbocycles. The van der Waals surface area contributed by atoms with E-state index in [1.165, 1.54) is 11.8 Å². The predicted octanol–water partition coefficient (Wildman–Crippen LogP) is 1.36. The minimum Gasteiger partial charge on any atom is -0.475 e. The first kappa shape index (κ1) is 23.1. The second-order valence-electron chi connectivity index (χ2n) is 3.02. The third kappa shape index (κ3) is 18.4. The second-order valence-corrected chi connectivity index (χ2v) is 3.02. The molecule has 0 fully saturated rings. The van der Waals surface area contributed by atoms with E-state index in [9.17, 15) is 31.1 Å². The lowest BCUT2D eigenvalue weighted by atomic mass is 10.7. The zero-order valence-corrected chi connectivity index (χ0v) is 10.3. The molecule has 0 saturated heterocycles. The minimum atomic E-state index is -5.08. The minimum absolute atomic E-state index is 0.0926. The summed E-state index contributed by atoms with van der Waals surface area (Å²) in [6.45, 7) is 1.53. The Balaban J connectivity index is -0.000000218. The van der Waals surface area contributed by atoms with Crippen LogP contribution in [0.5, 0.6) is 0 Å². The Morgan fingerprint density at radius 3 is 0.900 bits per heavy atom. The standard InChI is InChI=1S/C4H9NO.2C2HF3O2/c1-4(6)5(2)3;2*3-2(4,5)1(6)7/h1-3H3;2*(H,6,7). The molecule has 0 atom stereocenters. The van der Waals surface area contributed by atoms with Crippen molar-refractivity contribution in [1.29, 1.82) is 0 Å². The van der Waals surface area contributed by atoms with E-state index >= 15 is 0 Å². The molecule has 20 heavy (non-hydrogen) atoms. The lowest BCUT2D eigenvalue weighted by molar-refractivity contribution is -0.193. The Morgan fingerprint density at radius 2 is 0.900 bits per heavy atom. The van der Waals surface area contributed by atoms with Gasteiger partial charge in [0.1, 0.15) is 0 Å². The van der Waals surface area contributed by atoms with E-state index in [4.69, 9.17) is 19.8 Å². The molecule has 0 heterocycles. The number of aliphatic carboxylic acids is 2. The quantitative estimate of drug-likeness (QED) is 0.658. The summed E-state index contributed by atoms with van der Waals surface area (Å²) in [5, 5.41) is 14.2. The van der Waals surface area contributed by atoms with Gasteiger partial charge in [-0.25, -0.2) is 9.59 Å². The van der Waals surface area contributed by atoms with E-state index in [2.05, 4.69) is 0 Å². The van der Waals surface area contributed by atoms with Crippen molar-refractivity contribution in [2.24, 2.45) is 0 Å². The highest BCUT2D eigenvalue weighted by molar-refractivity contribution is 5.73. The Kier molecular flexibility index (Phi) is 10.4. The maximum absolute atomic E-state index is 10.6. The van der Waals surface area contributed by atoms with E-state index in [1.807, 2.05) is 0 Å². The van der Waals surface area contributed by atoms with Gasteiger partial charge in [0.05, 0.1) is 0 Å². The van der Waals surface area contributed by atoms with Crippen molar-refractivity contribution in [2.75, 3.05) is 14.1 Å².